The highest BCUT2D eigenvalue weighted by molar-refractivity contribution is 7.99. The number of allylic oxidation sites excluding steroid dienone is 1. The maximum absolute atomic E-state index is 12.4. The number of hydrogen-bond acceptors (Lipinski definition) is 5. The van der Waals surface area contributed by atoms with Gasteiger partial charge in [0.25, 0.3) is 0 Å². The molecular formula is C19H24N4OS2. The molecule has 0 radical (unpaired) electrons. The lowest BCUT2D eigenvalue weighted by Crippen LogP contribution is -2.36. The van der Waals surface area contributed by atoms with Crippen LogP contribution < -0.4 is 0 Å². The number of thioether (sulfide) groups is 2. The Labute approximate surface area is 163 Å². The average molecular weight is 389 g/mol. The summed E-state index contributed by atoms with van der Waals surface area (Å²) in [6.07, 6.45) is 5.30. The first-order valence-corrected chi connectivity index (χ1v) is 10.9. The lowest BCUT2D eigenvalue weighted by atomic mass is 10.1. The summed E-state index contributed by atoms with van der Waals surface area (Å²) in [4.78, 5) is 15.6. The fourth-order valence-electron chi connectivity index (χ4n) is 2.87. The van der Waals surface area contributed by atoms with Gasteiger partial charge in [-0.25, -0.2) is 0 Å². The molecule has 5 nitrogen and oxygen atoms in total. The Bertz CT molecular complexity index is 726. The summed E-state index contributed by atoms with van der Waals surface area (Å²) in [6.45, 7) is 6.26. The summed E-state index contributed by atoms with van der Waals surface area (Å²) >= 11 is 3.20. The van der Waals surface area contributed by atoms with E-state index in [1.807, 2.05) is 29.2 Å². The van der Waals surface area contributed by atoms with E-state index in [1.165, 1.54) is 23.1 Å². The van der Waals surface area contributed by atoms with Crippen LogP contribution in [-0.2, 0) is 17.1 Å². The summed E-state index contributed by atoms with van der Waals surface area (Å²) in [6, 6.07) is 10.3. The fourth-order valence-corrected chi connectivity index (χ4v) is 4.60. The molecule has 1 saturated heterocycles. The van der Waals surface area contributed by atoms with Crippen LogP contribution in [0.1, 0.15) is 25.1 Å². The van der Waals surface area contributed by atoms with Crippen molar-refractivity contribution in [3.05, 3.63) is 48.8 Å². The molecule has 0 unspecified atom stereocenters. The van der Waals surface area contributed by atoms with Crippen molar-refractivity contribution in [1.82, 2.24) is 19.7 Å². The van der Waals surface area contributed by atoms with E-state index < -0.39 is 0 Å². The predicted molar refractivity (Wildman–Crippen MR) is 107 cm³/mol. The van der Waals surface area contributed by atoms with Crippen molar-refractivity contribution in [3.63, 3.8) is 0 Å². The van der Waals surface area contributed by atoms with Crippen molar-refractivity contribution >= 4 is 29.4 Å². The molecule has 1 aromatic carbocycles. The first-order chi connectivity index (χ1) is 12.8. The van der Waals surface area contributed by atoms with E-state index in [9.17, 15) is 4.79 Å². The van der Waals surface area contributed by atoms with Crippen LogP contribution in [0.15, 0.2) is 53.0 Å². The molecule has 0 atom stereocenters. The Morgan fingerprint density at radius 1 is 1.12 bits per heavy atom. The molecule has 1 amide bonds. The number of nitrogens with zero attached hydrogens (tertiary/aromatic N) is 4. The van der Waals surface area contributed by atoms with Gasteiger partial charge in [0.2, 0.25) is 5.91 Å². The highest BCUT2D eigenvalue weighted by atomic mass is 32.2. The fraction of sp³-hybridized carbons (Fsp3) is 0.421. The van der Waals surface area contributed by atoms with Crippen molar-refractivity contribution in [3.8, 4) is 0 Å². The Hall–Kier alpha value is -1.73. The van der Waals surface area contributed by atoms with Crippen molar-refractivity contribution in [2.24, 2.45) is 0 Å². The zero-order chi connectivity index (χ0) is 18.2. The molecule has 0 bridgehead atoms. The minimum Gasteiger partial charge on any atom is -0.342 e. The molecule has 1 aromatic heterocycles. The van der Waals surface area contributed by atoms with E-state index in [4.69, 9.17) is 0 Å². The average Bonchev–Trinajstić information content (AvgIpc) is 3.08. The number of aromatic nitrogens is 3. The smallest absolute Gasteiger partial charge is 0.233 e. The number of carbonyl (C=O) groups is 1. The Balaban J connectivity index is 1.60. The summed E-state index contributed by atoms with van der Waals surface area (Å²) in [5.41, 5.74) is 0. The normalized spacial score (nSPS) is 14.4. The molecule has 2 aromatic rings. The van der Waals surface area contributed by atoms with Gasteiger partial charge in [-0.15, -0.1) is 28.5 Å². The quantitative estimate of drug-likeness (QED) is 0.508. The molecule has 0 aliphatic carbocycles. The highest BCUT2D eigenvalue weighted by Gasteiger charge is 2.19. The van der Waals surface area contributed by atoms with Gasteiger partial charge in [0.05, 0.1) is 11.5 Å². The lowest BCUT2D eigenvalue weighted by molar-refractivity contribution is -0.129. The first kappa shape index (κ1) is 19.0. The van der Waals surface area contributed by atoms with Gasteiger partial charge in [0, 0.05) is 24.5 Å². The third-order valence-electron chi connectivity index (χ3n) is 4.25. The topological polar surface area (TPSA) is 51.0 Å². The molecule has 2 heterocycles. The number of carbonyl (C=O) groups excluding carboxylic acids is 1. The molecular weight excluding hydrogens is 364 g/mol. The zero-order valence-corrected chi connectivity index (χ0v) is 16.5. The Kier molecular flexibility index (Phi) is 7.20. The minimum atomic E-state index is 0.197. The molecule has 3 rings (SSSR count). The second-order valence-corrected chi connectivity index (χ2v) is 8.12. The van der Waals surface area contributed by atoms with Crippen LogP contribution in [-0.4, -0.2) is 44.4 Å². The monoisotopic (exact) mass is 388 g/mol. The van der Waals surface area contributed by atoms with E-state index in [2.05, 4.69) is 33.5 Å². The summed E-state index contributed by atoms with van der Waals surface area (Å²) in [7, 11) is 0. The highest BCUT2D eigenvalue weighted by Crippen LogP contribution is 2.25. The van der Waals surface area contributed by atoms with E-state index in [0.717, 1.165) is 42.7 Å². The van der Waals surface area contributed by atoms with Gasteiger partial charge in [-0.1, -0.05) is 36.0 Å². The molecule has 1 aliphatic rings. The molecule has 7 heteroatoms. The Morgan fingerprint density at radius 2 is 1.88 bits per heavy atom. The van der Waals surface area contributed by atoms with Crippen LogP contribution >= 0.6 is 23.5 Å². The minimum absolute atomic E-state index is 0.197. The summed E-state index contributed by atoms with van der Waals surface area (Å²) < 4.78 is 2.05. The third kappa shape index (κ3) is 5.14. The predicted octanol–water partition coefficient (Wildman–Crippen LogP) is 3.86. The molecule has 138 valence electrons. The molecule has 0 saturated carbocycles. The van der Waals surface area contributed by atoms with Crippen LogP contribution in [0.2, 0.25) is 0 Å². The lowest BCUT2D eigenvalue weighted by Gasteiger charge is -2.26. The largest absolute Gasteiger partial charge is 0.342 e. The number of piperidine rings is 1. The third-order valence-corrected chi connectivity index (χ3v) is 6.21. The standard InChI is InChI=1S/C19H24N4OS2/c1-2-11-23-17(14-25-16-9-5-3-6-10-16)20-21-19(23)26-15-18(24)22-12-7-4-8-13-22/h2-3,5-6,9-10H,1,4,7-8,11-15H2. The van der Waals surface area contributed by atoms with Crippen molar-refractivity contribution in [1.29, 1.82) is 0 Å². The zero-order valence-electron chi connectivity index (χ0n) is 14.8. The number of benzene rings is 1. The summed E-state index contributed by atoms with van der Waals surface area (Å²) in [5.74, 6) is 2.27. The van der Waals surface area contributed by atoms with Crippen LogP contribution in [0.5, 0.6) is 0 Å². The molecule has 0 N–H and O–H groups in total. The maximum atomic E-state index is 12.4. The summed E-state index contributed by atoms with van der Waals surface area (Å²) in [5, 5.41) is 9.44. The molecule has 1 fully saturated rings. The van der Waals surface area contributed by atoms with E-state index in [1.54, 1.807) is 11.8 Å². The van der Waals surface area contributed by atoms with Gasteiger partial charge < -0.3 is 9.47 Å². The van der Waals surface area contributed by atoms with Crippen molar-refractivity contribution < 1.29 is 4.79 Å². The van der Waals surface area contributed by atoms with Crippen molar-refractivity contribution in [2.45, 2.75) is 41.6 Å². The van der Waals surface area contributed by atoms with E-state index in [0.29, 0.717) is 12.3 Å². The second kappa shape index (κ2) is 9.83. The van der Waals surface area contributed by atoms with Gasteiger partial charge in [0.1, 0.15) is 5.82 Å². The first-order valence-electron chi connectivity index (χ1n) is 8.89. The molecule has 0 spiro atoms. The molecule has 1 aliphatic heterocycles. The van der Waals surface area contributed by atoms with Crippen LogP contribution in [0.25, 0.3) is 0 Å². The number of rotatable bonds is 8. The SMILES string of the molecule is C=CCn1c(CSc2ccccc2)nnc1SCC(=O)N1CCCCC1. The van der Waals surface area contributed by atoms with Gasteiger partial charge >= 0.3 is 0 Å². The Morgan fingerprint density at radius 3 is 2.62 bits per heavy atom. The van der Waals surface area contributed by atoms with Gasteiger partial charge in [-0.3, -0.25) is 4.79 Å². The van der Waals surface area contributed by atoms with Crippen molar-refractivity contribution in [2.75, 3.05) is 18.8 Å². The van der Waals surface area contributed by atoms with E-state index >= 15 is 0 Å². The van der Waals surface area contributed by atoms with Crippen LogP contribution in [0.3, 0.4) is 0 Å². The van der Waals surface area contributed by atoms with Gasteiger partial charge in [0.15, 0.2) is 5.16 Å². The number of likely N-dealkylation sites (tertiary alicyclic amines) is 1. The number of amides is 1. The second-order valence-electron chi connectivity index (χ2n) is 6.13. The van der Waals surface area contributed by atoms with E-state index in [-0.39, 0.29) is 5.91 Å². The maximum Gasteiger partial charge on any atom is 0.233 e. The van der Waals surface area contributed by atoms with Crippen LogP contribution in [0, 0.1) is 0 Å². The van der Waals surface area contributed by atoms with Gasteiger partial charge in [-0.2, -0.15) is 0 Å². The molecule has 26 heavy (non-hydrogen) atoms. The number of hydrogen-bond donors (Lipinski definition) is 0. The van der Waals surface area contributed by atoms with Gasteiger partial charge in [-0.05, 0) is 31.4 Å². The van der Waals surface area contributed by atoms with Crippen LogP contribution in [0.4, 0.5) is 0 Å².